The molecule has 0 unspecified atom stereocenters. The Labute approximate surface area is 180 Å². The van der Waals surface area contributed by atoms with Gasteiger partial charge in [-0.1, -0.05) is 26.5 Å². The van der Waals surface area contributed by atoms with Crippen LogP contribution in [0.3, 0.4) is 0 Å². The molecule has 2 N–H and O–H groups in total. The Morgan fingerprint density at radius 3 is 2.77 bits per heavy atom. The van der Waals surface area contributed by atoms with Crippen molar-refractivity contribution in [1.82, 2.24) is 14.9 Å². The van der Waals surface area contributed by atoms with Gasteiger partial charge in [0, 0.05) is 19.7 Å². The highest BCUT2D eigenvalue weighted by atomic mass is 32.1. The van der Waals surface area contributed by atoms with Crippen molar-refractivity contribution >= 4 is 27.5 Å². The molecule has 9 heteroatoms. The van der Waals surface area contributed by atoms with Crippen molar-refractivity contribution in [2.24, 2.45) is 5.92 Å². The molecule has 2 rings (SSSR count). The van der Waals surface area contributed by atoms with Gasteiger partial charge in [-0.2, -0.15) is 0 Å². The van der Waals surface area contributed by atoms with E-state index in [-0.39, 0.29) is 18.8 Å². The molecular formula is C21H31N3O5S. The molecule has 0 radical (unpaired) electrons. The van der Waals surface area contributed by atoms with Crippen LogP contribution in [0.15, 0.2) is 17.4 Å². The average Bonchev–Trinajstić information content (AvgIpc) is 3.00. The van der Waals surface area contributed by atoms with Crippen molar-refractivity contribution in [2.75, 3.05) is 32.9 Å². The van der Waals surface area contributed by atoms with Crippen LogP contribution in [-0.4, -0.2) is 65.0 Å². The quantitative estimate of drug-likeness (QED) is 0.388. The fourth-order valence-corrected chi connectivity index (χ4v) is 4.29. The Balaban J connectivity index is 2.28. The van der Waals surface area contributed by atoms with E-state index >= 15 is 0 Å². The number of hydrogen-bond acceptors (Lipinski definition) is 8. The van der Waals surface area contributed by atoms with Crippen molar-refractivity contribution in [1.29, 1.82) is 0 Å². The predicted octanol–water partition coefficient (Wildman–Crippen LogP) is 2.49. The first kappa shape index (κ1) is 24.2. The van der Waals surface area contributed by atoms with Crippen LogP contribution < -0.4 is 5.56 Å². The number of aryl methyl sites for hydroxylation is 1. The van der Waals surface area contributed by atoms with Crippen molar-refractivity contribution in [3.63, 3.8) is 0 Å². The Morgan fingerprint density at radius 1 is 1.40 bits per heavy atom. The van der Waals surface area contributed by atoms with E-state index in [4.69, 9.17) is 9.47 Å². The van der Waals surface area contributed by atoms with Crippen molar-refractivity contribution in [3.05, 3.63) is 39.3 Å². The maximum absolute atomic E-state index is 12.7. The summed E-state index contributed by atoms with van der Waals surface area (Å²) in [7, 11) is 0. The van der Waals surface area contributed by atoms with Gasteiger partial charge in [-0.25, -0.2) is 9.78 Å². The third kappa shape index (κ3) is 6.46. The van der Waals surface area contributed by atoms with Gasteiger partial charge in [0.25, 0.3) is 5.56 Å². The highest BCUT2D eigenvalue weighted by Crippen LogP contribution is 2.27. The molecule has 0 aliphatic carbocycles. The highest BCUT2D eigenvalue weighted by molar-refractivity contribution is 7.20. The first-order valence-corrected chi connectivity index (χ1v) is 10.9. The van der Waals surface area contributed by atoms with E-state index in [1.54, 1.807) is 6.92 Å². The second-order valence-electron chi connectivity index (χ2n) is 7.54. The van der Waals surface area contributed by atoms with Crippen molar-refractivity contribution in [3.8, 4) is 0 Å². The number of aliphatic hydroxyl groups excluding tert-OH is 1. The Hall–Kier alpha value is -2.07. The summed E-state index contributed by atoms with van der Waals surface area (Å²) >= 11 is 1.15. The van der Waals surface area contributed by atoms with Crippen LogP contribution in [-0.2, 0) is 16.0 Å². The lowest BCUT2D eigenvalue weighted by atomic mass is 10.2. The van der Waals surface area contributed by atoms with E-state index in [1.165, 1.54) is 6.08 Å². The maximum atomic E-state index is 12.7. The Morgan fingerprint density at radius 2 is 2.13 bits per heavy atom. The molecule has 2 aromatic rings. The monoisotopic (exact) mass is 437 g/mol. The molecule has 0 aliphatic heterocycles. The van der Waals surface area contributed by atoms with Gasteiger partial charge in [-0.15, -0.1) is 11.3 Å². The van der Waals surface area contributed by atoms with E-state index in [0.717, 1.165) is 17.9 Å². The van der Waals surface area contributed by atoms with Crippen LogP contribution >= 0.6 is 11.3 Å². The van der Waals surface area contributed by atoms with Gasteiger partial charge in [-0.05, 0) is 25.3 Å². The van der Waals surface area contributed by atoms with E-state index in [1.807, 2.05) is 11.8 Å². The van der Waals surface area contributed by atoms with Gasteiger partial charge in [0.05, 0.1) is 24.6 Å². The van der Waals surface area contributed by atoms with Crippen LogP contribution in [0, 0.1) is 12.8 Å². The number of thiophene rings is 1. The number of aliphatic hydroxyl groups is 1. The molecule has 0 saturated carbocycles. The molecule has 0 bridgehead atoms. The summed E-state index contributed by atoms with van der Waals surface area (Å²) < 4.78 is 10.4. The van der Waals surface area contributed by atoms with E-state index in [0.29, 0.717) is 52.1 Å². The first-order chi connectivity index (χ1) is 14.3. The number of nitrogens with zero attached hydrogens (tertiary/aromatic N) is 2. The zero-order chi connectivity index (χ0) is 22.3. The number of fused-ring (bicyclic) bond motifs is 1. The average molecular weight is 438 g/mol. The van der Waals surface area contributed by atoms with Gasteiger partial charge in [0.1, 0.15) is 22.1 Å². The van der Waals surface area contributed by atoms with Gasteiger partial charge in [-0.3, -0.25) is 9.69 Å². The number of rotatable bonds is 12. The molecule has 30 heavy (non-hydrogen) atoms. The molecule has 8 nitrogen and oxygen atoms in total. The highest BCUT2D eigenvalue weighted by Gasteiger charge is 2.21. The number of aromatic nitrogens is 2. The van der Waals surface area contributed by atoms with Crippen LogP contribution in [0.4, 0.5) is 0 Å². The first-order valence-electron chi connectivity index (χ1n) is 10.0. The largest absolute Gasteiger partial charge is 0.457 e. The zero-order valence-electron chi connectivity index (χ0n) is 18.1. The molecule has 0 aromatic carbocycles. The normalized spacial score (nSPS) is 12.6. The minimum Gasteiger partial charge on any atom is -0.457 e. The summed E-state index contributed by atoms with van der Waals surface area (Å²) in [6.45, 7) is 13.7. The second-order valence-corrected chi connectivity index (χ2v) is 8.54. The minimum absolute atomic E-state index is 0.107. The van der Waals surface area contributed by atoms with Crippen LogP contribution in [0.5, 0.6) is 0 Å². The van der Waals surface area contributed by atoms with Crippen LogP contribution in [0.1, 0.15) is 41.8 Å². The molecule has 0 fully saturated rings. The fraction of sp³-hybridized carbons (Fsp3) is 0.571. The Kier molecular flexibility index (Phi) is 9.16. The minimum atomic E-state index is -0.630. The number of H-pyrrole nitrogens is 1. The third-order valence-electron chi connectivity index (χ3n) is 4.35. The summed E-state index contributed by atoms with van der Waals surface area (Å²) in [5.41, 5.74) is 0.279. The van der Waals surface area contributed by atoms with Gasteiger partial charge < -0.3 is 19.6 Å². The van der Waals surface area contributed by atoms with E-state index < -0.39 is 12.1 Å². The maximum Gasteiger partial charge on any atom is 0.348 e. The van der Waals surface area contributed by atoms with Crippen LogP contribution in [0.2, 0.25) is 0 Å². The molecule has 0 saturated heterocycles. The third-order valence-corrected chi connectivity index (χ3v) is 5.51. The predicted molar refractivity (Wildman–Crippen MR) is 118 cm³/mol. The summed E-state index contributed by atoms with van der Waals surface area (Å²) in [5, 5.41) is 10.6. The lowest BCUT2D eigenvalue weighted by Gasteiger charge is -2.26. The van der Waals surface area contributed by atoms with Crippen LogP contribution in [0.25, 0.3) is 10.2 Å². The molecule has 0 spiro atoms. The summed E-state index contributed by atoms with van der Waals surface area (Å²) in [6.07, 6.45) is 0.863. The molecule has 0 aliphatic rings. The second kappa shape index (κ2) is 11.4. The Bertz CT molecular complexity index is 921. The molecular weight excluding hydrogens is 406 g/mol. The zero-order valence-corrected chi connectivity index (χ0v) is 18.9. The lowest BCUT2D eigenvalue weighted by Crippen LogP contribution is -2.37. The lowest BCUT2D eigenvalue weighted by molar-refractivity contribution is 0.0170. The fourth-order valence-electron chi connectivity index (χ4n) is 3.19. The topological polar surface area (TPSA) is 105 Å². The molecule has 2 aromatic heterocycles. The van der Waals surface area contributed by atoms with Gasteiger partial charge >= 0.3 is 5.97 Å². The summed E-state index contributed by atoms with van der Waals surface area (Å²) in [6, 6.07) is 0. The SMILES string of the molecule is C=CCOC(=O)c1sc2nc(CN(CC(C)C)C[C@@H](O)COCC)[nH]c(=O)c2c1C. The number of hydrogen-bond donors (Lipinski definition) is 2. The van der Waals surface area contributed by atoms with Crippen molar-refractivity contribution < 1.29 is 19.4 Å². The molecule has 1 atom stereocenters. The van der Waals surface area contributed by atoms with Gasteiger partial charge in [0.15, 0.2) is 0 Å². The molecule has 0 amide bonds. The van der Waals surface area contributed by atoms with E-state index in [2.05, 4.69) is 30.4 Å². The number of carbonyl (C=O) groups is 1. The van der Waals surface area contributed by atoms with E-state index in [9.17, 15) is 14.7 Å². The number of carbonyl (C=O) groups excluding carboxylic acids is 1. The smallest absolute Gasteiger partial charge is 0.348 e. The molecule has 166 valence electrons. The van der Waals surface area contributed by atoms with Crippen molar-refractivity contribution in [2.45, 2.75) is 40.3 Å². The number of esters is 1. The standard InChI is InChI=1S/C21H31N3O5S/c1-6-8-29-21(27)18-14(5)17-19(26)22-16(23-20(17)30-18)11-24(9-13(3)4)10-15(25)12-28-7-2/h6,13,15,25H,1,7-12H2,2-5H3,(H,22,23,26)/t15-/m1/s1. The number of ether oxygens (including phenoxy) is 2. The van der Waals surface area contributed by atoms with Gasteiger partial charge in [0.2, 0.25) is 0 Å². The molecule has 2 heterocycles. The summed E-state index contributed by atoms with van der Waals surface area (Å²) in [5.74, 6) is 0.371. The summed E-state index contributed by atoms with van der Waals surface area (Å²) in [4.78, 5) is 35.2. The number of aromatic amines is 1. The number of nitrogens with one attached hydrogen (secondary N) is 1.